The van der Waals surface area contributed by atoms with E-state index in [9.17, 15) is 12.8 Å². The standard InChI is InChI=1S/C11H13FN4O2S/c1-16-5-4-11(14-16)15-19(17,18)10-6-9(12)3-2-8(10)7-13/h2-6H,7,13H2,1H3,(H,14,15). The van der Waals surface area contributed by atoms with E-state index < -0.39 is 15.8 Å². The highest BCUT2D eigenvalue weighted by atomic mass is 32.2. The van der Waals surface area contributed by atoms with Gasteiger partial charge in [0.15, 0.2) is 5.82 Å². The van der Waals surface area contributed by atoms with Gasteiger partial charge in [-0.25, -0.2) is 12.8 Å². The first-order valence-electron chi connectivity index (χ1n) is 5.43. The Labute approximate surface area is 110 Å². The zero-order valence-corrected chi connectivity index (χ0v) is 11.0. The summed E-state index contributed by atoms with van der Waals surface area (Å²) in [6.07, 6.45) is 1.59. The first kappa shape index (κ1) is 13.5. The van der Waals surface area contributed by atoms with Gasteiger partial charge in [-0.1, -0.05) is 6.07 Å². The Morgan fingerprint density at radius 2 is 2.16 bits per heavy atom. The maximum absolute atomic E-state index is 13.2. The van der Waals surface area contributed by atoms with Crippen molar-refractivity contribution >= 4 is 15.8 Å². The molecule has 0 spiro atoms. The van der Waals surface area contributed by atoms with Gasteiger partial charge < -0.3 is 5.73 Å². The highest BCUT2D eigenvalue weighted by Crippen LogP contribution is 2.19. The van der Waals surface area contributed by atoms with Gasteiger partial charge in [0.2, 0.25) is 0 Å². The second-order valence-electron chi connectivity index (χ2n) is 3.94. The molecule has 0 fully saturated rings. The van der Waals surface area contributed by atoms with E-state index in [1.54, 1.807) is 13.2 Å². The Balaban J connectivity index is 2.41. The number of nitrogens with one attached hydrogen (secondary N) is 1. The Hall–Kier alpha value is -1.93. The maximum atomic E-state index is 13.2. The molecule has 0 amide bonds. The fourth-order valence-electron chi connectivity index (χ4n) is 1.61. The van der Waals surface area contributed by atoms with Gasteiger partial charge in [0.1, 0.15) is 5.82 Å². The van der Waals surface area contributed by atoms with Crippen LogP contribution in [0.25, 0.3) is 0 Å². The van der Waals surface area contributed by atoms with Crippen LogP contribution in [0.5, 0.6) is 0 Å². The number of hydrogen-bond donors (Lipinski definition) is 2. The number of aromatic nitrogens is 2. The normalized spacial score (nSPS) is 11.5. The molecule has 19 heavy (non-hydrogen) atoms. The molecule has 0 aliphatic rings. The van der Waals surface area contributed by atoms with Crippen molar-refractivity contribution in [3.05, 3.63) is 41.8 Å². The Morgan fingerprint density at radius 3 is 2.74 bits per heavy atom. The second-order valence-corrected chi connectivity index (χ2v) is 5.59. The molecule has 0 saturated heterocycles. The van der Waals surface area contributed by atoms with Gasteiger partial charge in [-0.2, -0.15) is 5.10 Å². The zero-order chi connectivity index (χ0) is 14.0. The number of aryl methyl sites for hydroxylation is 1. The molecular formula is C11H13FN4O2S. The van der Waals surface area contributed by atoms with Crippen LogP contribution >= 0.6 is 0 Å². The fraction of sp³-hybridized carbons (Fsp3) is 0.182. The van der Waals surface area contributed by atoms with Gasteiger partial charge >= 0.3 is 0 Å². The van der Waals surface area contributed by atoms with Crippen molar-refractivity contribution < 1.29 is 12.8 Å². The number of benzene rings is 1. The second kappa shape index (κ2) is 4.98. The van der Waals surface area contributed by atoms with Gasteiger partial charge in [-0.3, -0.25) is 9.40 Å². The van der Waals surface area contributed by atoms with Crippen LogP contribution < -0.4 is 10.5 Å². The van der Waals surface area contributed by atoms with Crippen molar-refractivity contribution in [1.29, 1.82) is 0 Å². The summed E-state index contributed by atoms with van der Waals surface area (Å²) in [6.45, 7) is -0.00125. The average molecular weight is 284 g/mol. The third-order valence-electron chi connectivity index (χ3n) is 2.49. The van der Waals surface area contributed by atoms with Crippen molar-refractivity contribution in [2.45, 2.75) is 11.4 Å². The van der Waals surface area contributed by atoms with Crippen LogP contribution in [-0.2, 0) is 23.6 Å². The first-order valence-corrected chi connectivity index (χ1v) is 6.91. The summed E-state index contributed by atoms with van der Waals surface area (Å²) in [5.74, 6) is -0.478. The van der Waals surface area contributed by atoms with E-state index in [2.05, 4.69) is 9.82 Å². The first-order chi connectivity index (χ1) is 8.92. The molecule has 0 atom stereocenters. The lowest BCUT2D eigenvalue weighted by Crippen LogP contribution is -2.17. The van der Waals surface area contributed by atoms with Crippen molar-refractivity contribution in [3.8, 4) is 0 Å². The minimum atomic E-state index is -3.91. The van der Waals surface area contributed by atoms with Gasteiger partial charge in [-0.15, -0.1) is 0 Å². The molecule has 3 N–H and O–H groups in total. The number of sulfonamides is 1. The molecule has 0 aliphatic heterocycles. The molecule has 102 valence electrons. The van der Waals surface area contributed by atoms with E-state index in [-0.39, 0.29) is 17.3 Å². The molecule has 0 saturated carbocycles. The molecular weight excluding hydrogens is 271 g/mol. The number of anilines is 1. The maximum Gasteiger partial charge on any atom is 0.263 e. The van der Waals surface area contributed by atoms with Crippen LogP contribution in [-0.4, -0.2) is 18.2 Å². The number of nitrogens with zero attached hydrogens (tertiary/aromatic N) is 2. The van der Waals surface area contributed by atoms with E-state index in [0.717, 1.165) is 6.07 Å². The predicted molar refractivity (Wildman–Crippen MR) is 68.3 cm³/mol. The molecule has 1 heterocycles. The third-order valence-corrected chi connectivity index (χ3v) is 3.93. The largest absolute Gasteiger partial charge is 0.326 e. The van der Waals surface area contributed by atoms with Crippen LogP contribution in [0.3, 0.4) is 0 Å². The minimum Gasteiger partial charge on any atom is -0.326 e. The summed E-state index contributed by atoms with van der Waals surface area (Å²) in [6, 6.07) is 4.96. The van der Waals surface area contributed by atoms with Crippen LogP contribution in [0.2, 0.25) is 0 Å². The van der Waals surface area contributed by atoms with E-state index in [0.29, 0.717) is 5.56 Å². The van der Waals surface area contributed by atoms with Crippen molar-refractivity contribution in [2.75, 3.05) is 4.72 Å². The van der Waals surface area contributed by atoms with Gasteiger partial charge in [0.25, 0.3) is 10.0 Å². The van der Waals surface area contributed by atoms with Crippen molar-refractivity contribution in [2.24, 2.45) is 12.8 Å². The number of nitrogens with two attached hydrogens (primary N) is 1. The molecule has 8 heteroatoms. The molecule has 0 aliphatic carbocycles. The quantitative estimate of drug-likeness (QED) is 0.869. The van der Waals surface area contributed by atoms with E-state index >= 15 is 0 Å². The highest BCUT2D eigenvalue weighted by Gasteiger charge is 2.19. The summed E-state index contributed by atoms with van der Waals surface area (Å²) in [4.78, 5) is -0.180. The van der Waals surface area contributed by atoms with Crippen LogP contribution in [0.15, 0.2) is 35.4 Å². The SMILES string of the molecule is Cn1ccc(NS(=O)(=O)c2cc(F)ccc2CN)n1. The van der Waals surface area contributed by atoms with Crippen LogP contribution in [0.4, 0.5) is 10.2 Å². The Morgan fingerprint density at radius 1 is 1.42 bits per heavy atom. The molecule has 1 aromatic heterocycles. The highest BCUT2D eigenvalue weighted by molar-refractivity contribution is 7.92. The lowest BCUT2D eigenvalue weighted by molar-refractivity contribution is 0.593. The van der Waals surface area contributed by atoms with E-state index in [1.807, 2.05) is 0 Å². The number of rotatable bonds is 4. The average Bonchev–Trinajstić information content (AvgIpc) is 2.74. The molecule has 2 rings (SSSR count). The minimum absolute atomic E-state index is 0.00125. The molecule has 2 aromatic rings. The summed E-state index contributed by atoms with van der Waals surface area (Å²) in [5.41, 5.74) is 5.80. The molecule has 6 nitrogen and oxygen atoms in total. The van der Waals surface area contributed by atoms with E-state index in [1.165, 1.54) is 22.9 Å². The zero-order valence-electron chi connectivity index (χ0n) is 10.2. The molecule has 0 radical (unpaired) electrons. The van der Waals surface area contributed by atoms with E-state index in [4.69, 9.17) is 5.73 Å². The van der Waals surface area contributed by atoms with Gasteiger partial charge in [-0.05, 0) is 17.7 Å². The van der Waals surface area contributed by atoms with Crippen LogP contribution in [0.1, 0.15) is 5.56 Å². The lowest BCUT2D eigenvalue weighted by atomic mass is 10.2. The van der Waals surface area contributed by atoms with Gasteiger partial charge in [0, 0.05) is 25.9 Å². The summed E-state index contributed by atoms with van der Waals surface area (Å²) in [7, 11) is -2.25. The van der Waals surface area contributed by atoms with Crippen molar-refractivity contribution in [3.63, 3.8) is 0 Å². The van der Waals surface area contributed by atoms with Gasteiger partial charge in [0.05, 0.1) is 4.90 Å². The molecule has 0 unspecified atom stereocenters. The Bertz CT molecular complexity index is 696. The predicted octanol–water partition coefficient (Wildman–Crippen LogP) is 0.819. The summed E-state index contributed by atoms with van der Waals surface area (Å²) >= 11 is 0. The smallest absolute Gasteiger partial charge is 0.263 e. The number of hydrogen-bond acceptors (Lipinski definition) is 4. The fourth-order valence-corrected chi connectivity index (χ4v) is 2.87. The topological polar surface area (TPSA) is 90.0 Å². The molecule has 0 bridgehead atoms. The number of halogens is 1. The van der Waals surface area contributed by atoms with Crippen molar-refractivity contribution in [1.82, 2.24) is 9.78 Å². The molecule has 1 aromatic carbocycles. The monoisotopic (exact) mass is 284 g/mol. The summed E-state index contributed by atoms with van der Waals surface area (Å²) in [5, 5.41) is 3.90. The third kappa shape index (κ3) is 2.91. The van der Waals surface area contributed by atoms with Crippen LogP contribution in [0, 0.1) is 5.82 Å². The lowest BCUT2D eigenvalue weighted by Gasteiger charge is -2.09. The Kier molecular flexibility index (Phi) is 3.54. The summed E-state index contributed by atoms with van der Waals surface area (Å²) < 4.78 is 41.3.